The lowest BCUT2D eigenvalue weighted by atomic mass is 10.0. The number of sulfonamides is 1. The van der Waals surface area contributed by atoms with Crippen LogP contribution < -0.4 is 9.62 Å². The molecular formula is C22H22N2O3S. The summed E-state index contributed by atoms with van der Waals surface area (Å²) in [6, 6.07) is 24.7. The van der Waals surface area contributed by atoms with E-state index in [4.69, 9.17) is 0 Å². The lowest BCUT2D eigenvalue weighted by molar-refractivity contribution is -0.115. The van der Waals surface area contributed by atoms with Gasteiger partial charge in [-0.15, -0.1) is 0 Å². The predicted octanol–water partition coefficient (Wildman–Crippen LogP) is 3.93. The van der Waals surface area contributed by atoms with E-state index in [0.29, 0.717) is 11.4 Å². The third-order valence-corrected chi connectivity index (χ3v) is 5.62. The summed E-state index contributed by atoms with van der Waals surface area (Å²) in [6.45, 7) is 0. The van der Waals surface area contributed by atoms with Crippen molar-refractivity contribution in [3.8, 4) is 11.1 Å². The average molecular weight is 394 g/mol. The maximum Gasteiger partial charge on any atom is 0.231 e. The van der Waals surface area contributed by atoms with Crippen LogP contribution in [0.4, 0.5) is 11.4 Å². The summed E-state index contributed by atoms with van der Waals surface area (Å²) in [5, 5.41) is 2.82. The molecule has 28 heavy (non-hydrogen) atoms. The highest BCUT2D eigenvalue weighted by Gasteiger charge is 2.13. The smallest absolute Gasteiger partial charge is 0.231 e. The predicted molar refractivity (Wildman–Crippen MR) is 114 cm³/mol. The highest BCUT2D eigenvalue weighted by Crippen LogP contribution is 2.21. The fourth-order valence-corrected chi connectivity index (χ4v) is 3.30. The Morgan fingerprint density at radius 2 is 1.54 bits per heavy atom. The maximum atomic E-state index is 12.4. The molecule has 0 aliphatic rings. The van der Waals surface area contributed by atoms with Crippen LogP contribution in [0.2, 0.25) is 0 Å². The molecule has 0 saturated carbocycles. The van der Waals surface area contributed by atoms with E-state index >= 15 is 0 Å². The third-order valence-electron chi connectivity index (χ3n) is 4.42. The summed E-state index contributed by atoms with van der Waals surface area (Å²) in [5.41, 5.74) is 4.18. The normalized spacial score (nSPS) is 11.1. The van der Waals surface area contributed by atoms with Gasteiger partial charge in [-0.2, -0.15) is 0 Å². The SMILES string of the molecule is CN(c1cccc(NC(=O)Cc2ccc(-c3ccccc3)cc2)c1)S(C)(=O)=O. The van der Waals surface area contributed by atoms with Gasteiger partial charge in [0.2, 0.25) is 15.9 Å². The number of hydrogen-bond donors (Lipinski definition) is 1. The molecule has 0 aliphatic carbocycles. The molecular weight excluding hydrogens is 372 g/mol. The van der Waals surface area contributed by atoms with Crippen molar-refractivity contribution in [3.05, 3.63) is 84.4 Å². The Kier molecular flexibility index (Phi) is 5.80. The number of amides is 1. The van der Waals surface area contributed by atoms with E-state index in [1.54, 1.807) is 24.3 Å². The molecule has 0 unspecified atom stereocenters. The first-order valence-corrected chi connectivity index (χ1v) is 10.7. The largest absolute Gasteiger partial charge is 0.326 e. The Bertz CT molecular complexity index is 1060. The zero-order chi connectivity index (χ0) is 20.1. The second kappa shape index (κ2) is 8.27. The van der Waals surface area contributed by atoms with Crippen LogP contribution in [0.5, 0.6) is 0 Å². The van der Waals surface area contributed by atoms with Gasteiger partial charge in [0.05, 0.1) is 18.4 Å². The molecule has 0 aromatic heterocycles. The minimum absolute atomic E-state index is 0.161. The van der Waals surface area contributed by atoms with Gasteiger partial charge in [-0.05, 0) is 34.9 Å². The van der Waals surface area contributed by atoms with Crippen molar-refractivity contribution >= 4 is 27.3 Å². The van der Waals surface area contributed by atoms with Crippen molar-refractivity contribution in [1.82, 2.24) is 0 Å². The van der Waals surface area contributed by atoms with Gasteiger partial charge >= 0.3 is 0 Å². The quantitative estimate of drug-likeness (QED) is 0.689. The molecule has 0 heterocycles. The van der Waals surface area contributed by atoms with Crippen LogP contribution in [0, 0.1) is 0 Å². The summed E-state index contributed by atoms with van der Waals surface area (Å²) < 4.78 is 24.5. The monoisotopic (exact) mass is 394 g/mol. The zero-order valence-electron chi connectivity index (χ0n) is 15.8. The van der Waals surface area contributed by atoms with Crippen LogP contribution in [-0.4, -0.2) is 27.6 Å². The topological polar surface area (TPSA) is 66.5 Å². The highest BCUT2D eigenvalue weighted by atomic mass is 32.2. The van der Waals surface area contributed by atoms with Crippen molar-refractivity contribution in [2.75, 3.05) is 22.9 Å². The first-order valence-electron chi connectivity index (χ1n) is 8.81. The Hall–Kier alpha value is -3.12. The van der Waals surface area contributed by atoms with Crippen LogP contribution in [0.15, 0.2) is 78.9 Å². The molecule has 3 aromatic carbocycles. The van der Waals surface area contributed by atoms with Gasteiger partial charge in [-0.1, -0.05) is 60.7 Å². The van der Waals surface area contributed by atoms with Gasteiger partial charge < -0.3 is 5.32 Å². The molecule has 0 radical (unpaired) electrons. The molecule has 0 aliphatic heterocycles. The first kappa shape index (κ1) is 19.6. The van der Waals surface area contributed by atoms with Gasteiger partial charge in [0, 0.05) is 12.7 Å². The van der Waals surface area contributed by atoms with Crippen LogP contribution in [0.1, 0.15) is 5.56 Å². The molecule has 144 valence electrons. The third kappa shape index (κ3) is 4.98. The maximum absolute atomic E-state index is 12.4. The van der Waals surface area contributed by atoms with E-state index in [1.165, 1.54) is 11.4 Å². The van der Waals surface area contributed by atoms with Crippen LogP contribution in [0.25, 0.3) is 11.1 Å². The van der Waals surface area contributed by atoms with Gasteiger partial charge in [0.15, 0.2) is 0 Å². The van der Waals surface area contributed by atoms with Crippen LogP contribution in [0.3, 0.4) is 0 Å². The average Bonchev–Trinajstić information content (AvgIpc) is 2.68. The van der Waals surface area contributed by atoms with Crippen molar-refractivity contribution in [1.29, 1.82) is 0 Å². The molecule has 0 spiro atoms. The molecule has 5 nitrogen and oxygen atoms in total. The minimum atomic E-state index is -3.36. The Balaban J connectivity index is 1.66. The molecule has 0 saturated heterocycles. The second-order valence-electron chi connectivity index (χ2n) is 6.57. The molecule has 0 bridgehead atoms. The number of benzene rings is 3. The Labute approximate surface area is 165 Å². The number of nitrogens with zero attached hydrogens (tertiary/aromatic N) is 1. The fourth-order valence-electron chi connectivity index (χ4n) is 2.81. The number of nitrogens with one attached hydrogen (secondary N) is 1. The van der Waals surface area contributed by atoms with Crippen molar-refractivity contribution in [3.63, 3.8) is 0 Å². The van der Waals surface area contributed by atoms with Crippen molar-refractivity contribution < 1.29 is 13.2 Å². The number of carbonyl (C=O) groups excluding carboxylic acids is 1. The minimum Gasteiger partial charge on any atom is -0.326 e. The summed E-state index contributed by atoms with van der Waals surface area (Å²) in [4.78, 5) is 12.4. The molecule has 3 aromatic rings. The van der Waals surface area contributed by atoms with Gasteiger partial charge in [0.25, 0.3) is 0 Å². The van der Waals surface area contributed by atoms with E-state index in [9.17, 15) is 13.2 Å². The molecule has 1 N–H and O–H groups in total. The molecule has 0 fully saturated rings. The van der Waals surface area contributed by atoms with Crippen molar-refractivity contribution in [2.45, 2.75) is 6.42 Å². The Morgan fingerprint density at radius 1 is 0.893 bits per heavy atom. The summed E-state index contributed by atoms with van der Waals surface area (Å²) in [7, 11) is -1.88. The fraction of sp³-hybridized carbons (Fsp3) is 0.136. The zero-order valence-corrected chi connectivity index (χ0v) is 16.6. The molecule has 0 atom stereocenters. The molecule has 1 amide bonds. The lowest BCUT2D eigenvalue weighted by Gasteiger charge is -2.17. The standard InChI is InChI=1S/C22H22N2O3S/c1-24(28(2,26)27)21-10-6-9-20(16-21)23-22(25)15-17-11-13-19(14-12-17)18-7-4-3-5-8-18/h3-14,16H,15H2,1-2H3,(H,23,25). The van der Waals surface area contributed by atoms with Gasteiger partial charge in [-0.25, -0.2) is 8.42 Å². The summed E-state index contributed by atoms with van der Waals surface area (Å²) in [6.07, 6.45) is 1.37. The van der Waals surface area contributed by atoms with E-state index in [0.717, 1.165) is 22.9 Å². The highest BCUT2D eigenvalue weighted by molar-refractivity contribution is 7.92. The Morgan fingerprint density at radius 3 is 2.18 bits per heavy atom. The number of carbonyl (C=O) groups is 1. The second-order valence-corrected chi connectivity index (χ2v) is 8.58. The summed E-state index contributed by atoms with van der Waals surface area (Å²) in [5.74, 6) is -0.161. The van der Waals surface area contributed by atoms with E-state index < -0.39 is 10.0 Å². The number of anilines is 2. The van der Waals surface area contributed by atoms with E-state index in [2.05, 4.69) is 5.32 Å². The number of hydrogen-bond acceptors (Lipinski definition) is 3. The van der Waals surface area contributed by atoms with Gasteiger partial charge in [-0.3, -0.25) is 9.10 Å². The number of rotatable bonds is 6. The van der Waals surface area contributed by atoms with Crippen LogP contribution in [-0.2, 0) is 21.2 Å². The molecule has 6 heteroatoms. The van der Waals surface area contributed by atoms with E-state index in [-0.39, 0.29) is 12.3 Å². The van der Waals surface area contributed by atoms with Crippen LogP contribution >= 0.6 is 0 Å². The van der Waals surface area contributed by atoms with Gasteiger partial charge in [0.1, 0.15) is 0 Å². The van der Waals surface area contributed by atoms with E-state index in [1.807, 2.05) is 54.6 Å². The molecule has 3 rings (SSSR count). The lowest BCUT2D eigenvalue weighted by Crippen LogP contribution is -2.25. The summed E-state index contributed by atoms with van der Waals surface area (Å²) >= 11 is 0. The first-order chi connectivity index (χ1) is 13.3. The van der Waals surface area contributed by atoms with Crippen molar-refractivity contribution in [2.24, 2.45) is 0 Å².